The Hall–Kier alpha value is -2.65. The molecular formula is C23H21NOS. The Morgan fingerprint density at radius 2 is 1.81 bits per heavy atom. The van der Waals surface area contributed by atoms with Crippen molar-refractivity contribution in [3.05, 3.63) is 71.2 Å². The molecule has 0 unspecified atom stereocenters. The largest absolute Gasteiger partial charge is 0.351 e. The molecule has 130 valence electrons. The van der Waals surface area contributed by atoms with Crippen LogP contribution in [-0.4, -0.2) is 10.4 Å². The maximum Gasteiger partial charge on any atom is 0.173 e. The first-order valence-corrected chi connectivity index (χ1v) is 9.69. The zero-order valence-electron chi connectivity index (χ0n) is 15.2. The molecule has 2 aromatic heterocycles. The fourth-order valence-electron chi connectivity index (χ4n) is 3.52. The molecule has 4 rings (SSSR count). The lowest BCUT2D eigenvalue weighted by molar-refractivity contribution is 0.0992. The maximum atomic E-state index is 12.6. The Bertz CT molecular complexity index is 1100. The SMILES string of the molecule is CCC(=O)c1sc(-c2ccc3c(ccn3C)c2)c(C)c1-c1ccccc1. The van der Waals surface area contributed by atoms with Gasteiger partial charge in [0.15, 0.2) is 5.78 Å². The van der Waals surface area contributed by atoms with E-state index >= 15 is 0 Å². The number of fused-ring (bicyclic) bond motifs is 1. The van der Waals surface area contributed by atoms with Gasteiger partial charge >= 0.3 is 0 Å². The van der Waals surface area contributed by atoms with Crippen molar-refractivity contribution in [1.82, 2.24) is 4.57 Å². The highest BCUT2D eigenvalue weighted by atomic mass is 32.1. The van der Waals surface area contributed by atoms with Crippen molar-refractivity contribution < 1.29 is 4.79 Å². The second-order valence-corrected chi connectivity index (χ2v) is 7.62. The number of hydrogen-bond donors (Lipinski definition) is 0. The van der Waals surface area contributed by atoms with Gasteiger partial charge in [-0.2, -0.15) is 0 Å². The van der Waals surface area contributed by atoms with E-state index in [1.54, 1.807) is 11.3 Å². The predicted molar refractivity (Wildman–Crippen MR) is 111 cm³/mol. The Labute approximate surface area is 157 Å². The van der Waals surface area contributed by atoms with Crippen LogP contribution in [0, 0.1) is 6.92 Å². The zero-order valence-corrected chi connectivity index (χ0v) is 16.1. The van der Waals surface area contributed by atoms with Gasteiger partial charge in [-0.25, -0.2) is 0 Å². The lowest BCUT2D eigenvalue weighted by Crippen LogP contribution is -1.95. The smallest absolute Gasteiger partial charge is 0.173 e. The van der Waals surface area contributed by atoms with Crippen LogP contribution >= 0.6 is 11.3 Å². The van der Waals surface area contributed by atoms with Crippen molar-refractivity contribution in [2.75, 3.05) is 0 Å². The number of aryl methyl sites for hydroxylation is 1. The van der Waals surface area contributed by atoms with E-state index in [1.165, 1.54) is 26.9 Å². The van der Waals surface area contributed by atoms with Crippen molar-refractivity contribution in [3.8, 4) is 21.6 Å². The van der Waals surface area contributed by atoms with E-state index in [0.717, 1.165) is 16.0 Å². The molecule has 3 heteroatoms. The van der Waals surface area contributed by atoms with Crippen LogP contribution in [-0.2, 0) is 7.05 Å². The van der Waals surface area contributed by atoms with E-state index in [1.807, 2.05) is 25.1 Å². The molecule has 0 bridgehead atoms. The predicted octanol–water partition coefficient (Wildman–Crippen LogP) is 6.47. The molecule has 0 aliphatic rings. The molecule has 4 aromatic rings. The molecule has 26 heavy (non-hydrogen) atoms. The van der Waals surface area contributed by atoms with Crippen LogP contribution in [0.3, 0.4) is 0 Å². The first-order valence-electron chi connectivity index (χ1n) is 8.87. The van der Waals surface area contributed by atoms with Gasteiger partial charge in [0, 0.05) is 41.0 Å². The van der Waals surface area contributed by atoms with Gasteiger partial charge in [0.05, 0.1) is 4.88 Å². The molecule has 0 atom stereocenters. The summed E-state index contributed by atoms with van der Waals surface area (Å²) in [5.74, 6) is 0.212. The van der Waals surface area contributed by atoms with Crippen molar-refractivity contribution in [1.29, 1.82) is 0 Å². The number of carbonyl (C=O) groups excluding carboxylic acids is 1. The number of thiophene rings is 1. The highest BCUT2D eigenvalue weighted by Crippen LogP contribution is 2.43. The summed E-state index contributed by atoms with van der Waals surface area (Å²) in [6.45, 7) is 4.07. The normalized spacial score (nSPS) is 11.2. The van der Waals surface area contributed by atoms with Crippen LogP contribution in [0.4, 0.5) is 0 Å². The summed E-state index contributed by atoms with van der Waals surface area (Å²) in [5, 5.41) is 1.22. The molecule has 0 fully saturated rings. The number of nitrogens with zero attached hydrogens (tertiary/aromatic N) is 1. The standard InChI is InChI=1S/C23H21NOS/c1-4-20(25)23-21(16-8-6-5-7-9-16)15(2)22(26-23)18-10-11-19-17(14-18)12-13-24(19)3/h5-14H,4H2,1-3H3. The van der Waals surface area contributed by atoms with Crippen molar-refractivity contribution in [2.24, 2.45) is 7.05 Å². The van der Waals surface area contributed by atoms with Gasteiger partial charge in [-0.1, -0.05) is 43.3 Å². The van der Waals surface area contributed by atoms with Crippen molar-refractivity contribution in [3.63, 3.8) is 0 Å². The van der Waals surface area contributed by atoms with E-state index < -0.39 is 0 Å². The minimum atomic E-state index is 0.212. The highest BCUT2D eigenvalue weighted by Gasteiger charge is 2.21. The lowest BCUT2D eigenvalue weighted by atomic mass is 9.97. The quantitative estimate of drug-likeness (QED) is 0.382. The van der Waals surface area contributed by atoms with Gasteiger partial charge in [0.1, 0.15) is 0 Å². The topological polar surface area (TPSA) is 22.0 Å². The minimum Gasteiger partial charge on any atom is -0.351 e. The maximum absolute atomic E-state index is 12.6. The number of Topliss-reactive ketones (excluding diaryl/α,β-unsaturated/α-hetero) is 1. The Balaban J connectivity index is 1.94. The van der Waals surface area contributed by atoms with E-state index in [4.69, 9.17) is 0 Å². The molecule has 0 N–H and O–H groups in total. The van der Waals surface area contributed by atoms with Crippen LogP contribution in [0.5, 0.6) is 0 Å². The Kier molecular flexibility index (Phi) is 4.25. The van der Waals surface area contributed by atoms with Gasteiger partial charge in [-0.3, -0.25) is 4.79 Å². The third-order valence-corrected chi connectivity index (χ3v) is 6.31. The zero-order chi connectivity index (χ0) is 18.3. The summed E-state index contributed by atoms with van der Waals surface area (Å²) in [6.07, 6.45) is 2.61. The third-order valence-electron chi connectivity index (χ3n) is 4.93. The van der Waals surface area contributed by atoms with E-state index in [0.29, 0.717) is 6.42 Å². The van der Waals surface area contributed by atoms with E-state index in [-0.39, 0.29) is 5.78 Å². The van der Waals surface area contributed by atoms with Crippen LogP contribution in [0.15, 0.2) is 60.8 Å². The van der Waals surface area contributed by atoms with Gasteiger partial charge in [-0.15, -0.1) is 11.3 Å². The second-order valence-electron chi connectivity index (χ2n) is 6.60. The Morgan fingerprint density at radius 3 is 2.54 bits per heavy atom. The molecular weight excluding hydrogens is 338 g/mol. The summed E-state index contributed by atoms with van der Waals surface area (Å²) in [4.78, 5) is 14.7. The van der Waals surface area contributed by atoms with Gasteiger partial charge < -0.3 is 4.57 Å². The second kappa shape index (κ2) is 6.58. The summed E-state index contributed by atoms with van der Waals surface area (Å²) in [7, 11) is 2.06. The van der Waals surface area contributed by atoms with Crippen LogP contribution in [0.2, 0.25) is 0 Å². The van der Waals surface area contributed by atoms with E-state index in [2.05, 4.69) is 61.1 Å². The Morgan fingerprint density at radius 1 is 1.04 bits per heavy atom. The van der Waals surface area contributed by atoms with Gasteiger partial charge in [0.2, 0.25) is 0 Å². The average molecular weight is 359 g/mol. The minimum absolute atomic E-state index is 0.212. The molecule has 0 aliphatic carbocycles. The van der Waals surface area contributed by atoms with Gasteiger partial charge in [0.25, 0.3) is 0 Å². The fourth-order valence-corrected chi connectivity index (χ4v) is 4.86. The van der Waals surface area contributed by atoms with Crippen molar-refractivity contribution in [2.45, 2.75) is 20.3 Å². The third kappa shape index (κ3) is 2.69. The number of hydrogen-bond acceptors (Lipinski definition) is 2. The number of ketones is 1. The molecule has 0 amide bonds. The van der Waals surface area contributed by atoms with Crippen LogP contribution in [0.1, 0.15) is 28.6 Å². The monoisotopic (exact) mass is 359 g/mol. The lowest BCUT2D eigenvalue weighted by Gasteiger charge is -2.05. The van der Waals surface area contributed by atoms with Crippen LogP contribution < -0.4 is 0 Å². The fraction of sp³-hybridized carbons (Fsp3) is 0.174. The summed E-state index contributed by atoms with van der Waals surface area (Å²) in [6, 6.07) is 18.9. The molecule has 0 saturated heterocycles. The summed E-state index contributed by atoms with van der Waals surface area (Å²) < 4.78 is 2.13. The first kappa shape index (κ1) is 16.8. The number of benzene rings is 2. The molecule has 2 heterocycles. The summed E-state index contributed by atoms with van der Waals surface area (Å²) in [5.41, 5.74) is 5.79. The molecule has 2 aromatic carbocycles. The average Bonchev–Trinajstić information content (AvgIpc) is 3.22. The summed E-state index contributed by atoms with van der Waals surface area (Å²) >= 11 is 1.63. The number of carbonyl (C=O) groups is 1. The van der Waals surface area contributed by atoms with E-state index in [9.17, 15) is 4.79 Å². The number of aromatic nitrogens is 1. The molecule has 0 saturated carbocycles. The molecule has 0 spiro atoms. The first-order chi connectivity index (χ1) is 12.6. The molecule has 2 nitrogen and oxygen atoms in total. The molecule has 0 radical (unpaired) electrons. The highest BCUT2D eigenvalue weighted by molar-refractivity contribution is 7.18. The van der Waals surface area contributed by atoms with Gasteiger partial charge in [-0.05, 0) is 41.8 Å². The van der Waals surface area contributed by atoms with Crippen molar-refractivity contribution >= 4 is 28.0 Å². The number of rotatable bonds is 4. The molecule has 0 aliphatic heterocycles. The van der Waals surface area contributed by atoms with Crippen LogP contribution in [0.25, 0.3) is 32.5 Å².